The van der Waals surface area contributed by atoms with Gasteiger partial charge in [0.1, 0.15) is 11.3 Å². The van der Waals surface area contributed by atoms with Gasteiger partial charge < -0.3 is 15.6 Å². The number of carbonyl (C=O) groups is 1. The highest BCUT2D eigenvalue weighted by atomic mass is 16.6. The van der Waals surface area contributed by atoms with E-state index >= 15 is 0 Å². The number of ether oxygens (including phenoxy) is 1. The third-order valence-corrected chi connectivity index (χ3v) is 2.21. The molecule has 0 unspecified atom stereocenters. The zero-order valence-corrected chi connectivity index (χ0v) is 9.67. The third kappa shape index (κ3) is 4.28. The van der Waals surface area contributed by atoms with Gasteiger partial charge in [0.05, 0.1) is 6.61 Å². The summed E-state index contributed by atoms with van der Waals surface area (Å²) >= 11 is 0. The van der Waals surface area contributed by atoms with E-state index in [1.165, 1.54) is 18.2 Å². The second-order valence-corrected chi connectivity index (χ2v) is 3.68. The Morgan fingerprint density at radius 3 is 2.83 bits per heavy atom. The summed E-state index contributed by atoms with van der Waals surface area (Å²) < 4.78 is 4.87. The van der Waals surface area contributed by atoms with E-state index in [9.17, 15) is 20.0 Å². The summed E-state index contributed by atoms with van der Waals surface area (Å²) in [7, 11) is 0. The minimum Gasteiger partial charge on any atom is -0.507 e. The highest BCUT2D eigenvalue weighted by molar-refractivity contribution is 5.93. The molecule has 1 rings (SSSR count). The van der Waals surface area contributed by atoms with Gasteiger partial charge in [-0.15, -0.1) is 0 Å². The van der Waals surface area contributed by atoms with Crippen LogP contribution in [-0.4, -0.2) is 29.2 Å². The summed E-state index contributed by atoms with van der Waals surface area (Å²) in [5, 5.41) is 19.5. The molecule has 3 N–H and O–H groups in total. The average molecular weight is 254 g/mol. The Morgan fingerprint density at radius 2 is 2.17 bits per heavy atom. The maximum atomic E-state index is 11.5. The fourth-order valence-corrected chi connectivity index (χ4v) is 1.30. The number of phenolic OH excluding ortho intramolecular Hbond substituents is 1. The number of nitrogen functional groups attached to an aromatic ring is 1. The Hall–Kier alpha value is -2.31. The number of hydrogen-bond donors (Lipinski definition) is 2. The molecule has 0 aliphatic carbocycles. The predicted octanol–water partition coefficient (Wildman–Crippen LogP) is 1.19. The number of carbonyl (C=O) groups excluding carboxylic acids is 1. The molecule has 0 saturated heterocycles. The van der Waals surface area contributed by atoms with E-state index in [2.05, 4.69) is 0 Å². The molecule has 18 heavy (non-hydrogen) atoms. The number of anilines is 1. The Labute approximate surface area is 103 Å². The quantitative estimate of drug-likeness (QED) is 0.197. The topological polar surface area (TPSA) is 116 Å². The van der Waals surface area contributed by atoms with Crippen LogP contribution in [0.3, 0.4) is 0 Å². The molecule has 1 aromatic rings. The molecule has 0 bridgehead atoms. The molecule has 1 aromatic carbocycles. The van der Waals surface area contributed by atoms with Gasteiger partial charge in [-0.25, -0.2) is 4.79 Å². The van der Waals surface area contributed by atoms with Gasteiger partial charge in [-0.3, -0.25) is 10.1 Å². The van der Waals surface area contributed by atoms with Gasteiger partial charge in [0.25, 0.3) is 0 Å². The summed E-state index contributed by atoms with van der Waals surface area (Å²) in [5.74, 6) is -0.902. The van der Waals surface area contributed by atoms with E-state index in [1.807, 2.05) is 0 Å². The van der Waals surface area contributed by atoms with E-state index in [0.717, 1.165) is 0 Å². The Kier molecular flexibility index (Phi) is 4.91. The summed E-state index contributed by atoms with van der Waals surface area (Å²) in [5.41, 5.74) is 5.81. The number of esters is 1. The summed E-state index contributed by atoms with van der Waals surface area (Å²) in [6.45, 7) is -0.0814. The van der Waals surface area contributed by atoms with E-state index < -0.39 is 10.9 Å². The monoisotopic (exact) mass is 254 g/mol. The van der Waals surface area contributed by atoms with Crippen molar-refractivity contribution < 1.29 is 19.6 Å². The smallest absolute Gasteiger partial charge is 0.341 e. The van der Waals surface area contributed by atoms with Crippen molar-refractivity contribution >= 4 is 11.7 Å². The second-order valence-electron chi connectivity index (χ2n) is 3.68. The van der Waals surface area contributed by atoms with Crippen molar-refractivity contribution in [2.45, 2.75) is 12.8 Å². The lowest BCUT2D eigenvalue weighted by Crippen LogP contribution is -2.09. The number of unbranched alkanes of at least 4 members (excludes halogenated alkanes) is 1. The number of benzene rings is 1. The third-order valence-electron chi connectivity index (χ3n) is 2.21. The first-order valence-electron chi connectivity index (χ1n) is 5.38. The SMILES string of the molecule is Nc1ccc(O)c(C(=O)OCCCC[N+](=O)[O-])c1. The number of aromatic hydroxyl groups is 1. The maximum absolute atomic E-state index is 11.5. The Morgan fingerprint density at radius 1 is 1.44 bits per heavy atom. The molecule has 98 valence electrons. The van der Waals surface area contributed by atoms with Crippen molar-refractivity contribution in [1.29, 1.82) is 0 Å². The molecule has 0 fully saturated rings. The van der Waals surface area contributed by atoms with Crippen LogP contribution < -0.4 is 5.73 Å². The maximum Gasteiger partial charge on any atom is 0.341 e. The van der Waals surface area contributed by atoms with Crippen LogP contribution >= 0.6 is 0 Å². The minimum absolute atomic E-state index is 0.00993. The zero-order chi connectivity index (χ0) is 13.5. The molecule has 0 heterocycles. The van der Waals surface area contributed by atoms with Crippen LogP contribution in [0.1, 0.15) is 23.2 Å². The summed E-state index contributed by atoms with van der Waals surface area (Å²) in [6, 6.07) is 4.08. The van der Waals surface area contributed by atoms with Crippen molar-refractivity contribution in [3.8, 4) is 5.75 Å². The summed E-state index contributed by atoms with van der Waals surface area (Å²) in [6.07, 6.45) is 0.735. The molecule has 0 aromatic heterocycles. The number of nitrogens with zero attached hydrogens (tertiary/aromatic N) is 1. The average Bonchev–Trinajstić information content (AvgIpc) is 2.31. The Bertz CT molecular complexity index is 447. The molecule has 0 saturated carbocycles. The lowest BCUT2D eigenvalue weighted by molar-refractivity contribution is -0.480. The lowest BCUT2D eigenvalue weighted by Gasteiger charge is -2.06. The lowest BCUT2D eigenvalue weighted by atomic mass is 10.2. The number of rotatable bonds is 6. The van der Waals surface area contributed by atoms with Gasteiger partial charge in [0.15, 0.2) is 0 Å². The molecule has 0 aliphatic heterocycles. The number of nitrogens with two attached hydrogens (primary N) is 1. The van der Waals surface area contributed by atoms with Gasteiger partial charge in [0.2, 0.25) is 6.54 Å². The Balaban J connectivity index is 2.41. The largest absolute Gasteiger partial charge is 0.507 e. The van der Waals surface area contributed by atoms with E-state index in [4.69, 9.17) is 10.5 Å². The minimum atomic E-state index is -0.694. The van der Waals surface area contributed by atoms with Gasteiger partial charge in [0, 0.05) is 17.0 Å². The highest BCUT2D eigenvalue weighted by Gasteiger charge is 2.12. The van der Waals surface area contributed by atoms with Crippen molar-refractivity contribution in [2.24, 2.45) is 0 Å². The van der Waals surface area contributed by atoms with Crippen LogP contribution in [0.4, 0.5) is 5.69 Å². The highest BCUT2D eigenvalue weighted by Crippen LogP contribution is 2.20. The molecule has 0 spiro atoms. The van der Waals surface area contributed by atoms with E-state index in [1.54, 1.807) is 0 Å². The van der Waals surface area contributed by atoms with Crippen molar-refractivity contribution in [2.75, 3.05) is 18.9 Å². The molecule has 0 amide bonds. The van der Waals surface area contributed by atoms with Crippen molar-refractivity contribution in [3.63, 3.8) is 0 Å². The van der Waals surface area contributed by atoms with Crippen LogP contribution in [0.25, 0.3) is 0 Å². The van der Waals surface area contributed by atoms with Crippen LogP contribution in [0.5, 0.6) is 5.75 Å². The normalized spacial score (nSPS) is 10.0. The van der Waals surface area contributed by atoms with Gasteiger partial charge in [-0.2, -0.15) is 0 Å². The fraction of sp³-hybridized carbons (Fsp3) is 0.364. The molecule has 0 aliphatic rings. The predicted molar refractivity (Wildman–Crippen MR) is 63.9 cm³/mol. The first-order valence-corrected chi connectivity index (χ1v) is 5.38. The molecular weight excluding hydrogens is 240 g/mol. The molecule has 7 heteroatoms. The van der Waals surface area contributed by atoms with E-state index in [-0.39, 0.29) is 24.5 Å². The number of nitro groups is 1. The van der Waals surface area contributed by atoms with Crippen LogP contribution in [0, 0.1) is 10.1 Å². The molecule has 0 atom stereocenters. The van der Waals surface area contributed by atoms with Gasteiger partial charge >= 0.3 is 5.97 Å². The fourth-order valence-electron chi connectivity index (χ4n) is 1.30. The van der Waals surface area contributed by atoms with Crippen molar-refractivity contribution in [3.05, 3.63) is 33.9 Å². The van der Waals surface area contributed by atoms with Crippen molar-refractivity contribution in [1.82, 2.24) is 0 Å². The van der Waals surface area contributed by atoms with Crippen LogP contribution in [0.15, 0.2) is 18.2 Å². The number of hydrogen-bond acceptors (Lipinski definition) is 6. The van der Waals surface area contributed by atoms with Crippen LogP contribution in [-0.2, 0) is 4.74 Å². The van der Waals surface area contributed by atoms with Crippen LogP contribution in [0.2, 0.25) is 0 Å². The zero-order valence-electron chi connectivity index (χ0n) is 9.67. The molecule has 7 nitrogen and oxygen atoms in total. The standard InChI is InChI=1S/C11H14N2O5/c12-8-3-4-10(14)9(7-8)11(15)18-6-2-1-5-13(16)17/h3-4,7,14H,1-2,5-6,12H2. The molecular formula is C11H14N2O5. The number of phenols is 1. The first-order chi connectivity index (χ1) is 8.50. The van der Waals surface area contributed by atoms with E-state index in [0.29, 0.717) is 18.5 Å². The second kappa shape index (κ2) is 6.43. The summed E-state index contributed by atoms with van der Waals surface area (Å²) in [4.78, 5) is 21.2. The molecule has 0 radical (unpaired) electrons. The first kappa shape index (κ1) is 13.8. The van der Waals surface area contributed by atoms with Gasteiger partial charge in [-0.1, -0.05) is 0 Å². The van der Waals surface area contributed by atoms with Gasteiger partial charge in [-0.05, 0) is 24.6 Å².